The fraction of sp³-hybridized carbons (Fsp3) is 0.286. The van der Waals surface area contributed by atoms with Crippen molar-refractivity contribution >= 4 is 23.7 Å². The van der Waals surface area contributed by atoms with Crippen LogP contribution in [0.2, 0.25) is 0 Å². The van der Waals surface area contributed by atoms with Crippen LogP contribution in [-0.2, 0) is 0 Å². The van der Waals surface area contributed by atoms with Crippen molar-refractivity contribution in [3.05, 3.63) is 71.8 Å². The molecule has 1 saturated heterocycles. The predicted octanol–water partition coefficient (Wildman–Crippen LogP) is 4.77. The molecule has 1 heterocycles. The molecular formula is C21H21F3N2OS. The number of hydrogen-bond acceptors (Lipinski definition) is 3. The average Bonchev–Trinajstić information content (AvgIpc) is 2.68. The van der Waals surface area contributed by atoms with Crippen LogP contribution < -0.4 is 0 Å². The molecule has 1 fully saturated rings. The van der Waals surface area contributed by atoms with Gasteiger partial charge in [-0.1, -0.05) is 42.5 Å². The van der Waals surface area contributed by atoms with Crippen LogP contribution in [0.25, 0.3) is 6.08 Å². The second-order valence-corrected chi connectivity index (χ2v) is 7.62. The van der Waals surface area contributed by atoms with Gasteiger partial charge in [0, 0.05) is 43.2 Å². The second kappa shape index (κ2) is 9.30. The molecule has 0 saturated carbocycles. The predicted molar refractivity (Wildman–Crippen MR) is 106 cm³/mol. The molecule has 0 atom stereocenters. The summed E-state index contributed by atoms with van der Waals surface area (Å²) in [5.74, 6) is -0.136. The minimum absolute atomic E-state index is 0.0825. The number of amides is 1. The molecule has 7 heteroatoms. The van der Waals surface area contributed by atoms with Gasteiger partial charge in [0.05, 0.1) is 0 Å². The number of rotatable bonds is 5. The Morgan fingerprint density at radius 1 is 0.964 bits per heavy atom. The second-order valence-electron chi connectivity index (χ2n) is 6.48. The van der Waals surface area contributed by atoms with Crippen molar-refractivity contribution < 1.29 is 18.0 Å². The summed E-state index contributed by atoms with van der Waals surface area (Å²) in [5, 5.41) is 0. The molecule has 0 radical (unpaired) electrons. The maximum atomic E-state index is 12.6. The van der Waals surface area contributed by atoms with Gasteiger partial charge in [-0.25, -0.2) is 0 Å². The van der Waals surface area contributed by atoms with Gasteiger partial charge in [-0.15, -0.1) is 0 Å². The first kappa shape index (κ1) is 20.5. The molecule has 0 spiro atoms. The quantitative estimate of drug-likeness (QED) is 0.669. The number of carbonyl (C=O) groups excluding carboxylic acids is 1. The van der Waals surface area contributed by atoms with Crippen LogP contribution in [0.1, 0.15) is 15.9 Å². The zero-order chi connectivity index (χ0) is 20.0. The molecule has 0 N–H and O–H groups in total. The highest BCUT2D eigenvalue weighted by molar-refractivity contribution is 8.00. The van der Waals surface area contributed by atoms with Gasteiger partial charge in [-0.05, 0) is 41.6 Å². The Hall–Kier alpha value is -2.25. The van der Waals surface area contributed by atoms with Gasteiger partial charge < -0.3 is 4.90 Å². The summed E-state index contributed by atoms with van der Waals surface area (Å²) in [7, 11) is 0. The third-order valence-electron chi connectivity index (χ3n) is 4.47. The fourth-order valence-corrected chi connectivity index (χ4v) is 3.56. The number of hydrogen-bond donors (Lipinski definition) is 0. The molecule has 2 aromatic rings. The monoisotopic (exact) mass is 406 g/mol. The Balaban J connectivity index is 1.47. The molecule has 0 aliphatic carbocycles. The molecule has 1 aliphatic heterocycles. The number of piperazine rings is 1. The molecule has 1 amide bonds. The van der Waals surface area contributed by atoms with Crippen LogP contribution in [0.15, 0.2) is 65.6 Å². The lowest BCUT2D eigenvalue weighted by atomic mass is 10.2. The molecule has 3 rings (SSSR count). The average molecular weight is 406 g/mol. The van der Waals surface area contributed by atoms with Gasteiger partial charge in [0.1, 0.15) is 0 Å². The summed E-state index contributed by atoms with van der Waals surface area (Å²) in [4.78, 5) is 16.7. The minimum atomic E-state index is -4.32. The van der Waals surface area contributed by atoms with Crippen LogP contribution in [0.4, 0.5) is 13.2 Å². The van der Waals surface area contributed by atoms with Crippen LogP contribution in [0, 0.1) is 0 Å². The summed E-state index contributed by atoms with van der Waals surface area (Å²) in [6.07, 6.45) is 4.20. The first-order valence-electron chi connectivity index (χ1n) is 9.00. The molecule has 0 bridgehead atoms. The number of benzene rings is 2. The van der Waals surface area contributed by atoms with E-state index in [1.807, 2.05) is 30.3 Å². The Bertz CT molecular complexity index is 799. The van der Waals surface area contributed by atoms with Crippen molar-refractivity contribution in [1.29, 1.82) is 0 Å². The van der Waals surface area contributed by atoms with Crippen LogP contribution in [0.5, 0.6) is 0 Å². The smallest absolute Gasteiger partial charge is 0.336 e. The topological polar surface area (TPSA) is 23.6 Å². The minimum Gasteiger partial charge on any atom is -0.336 e. The van der Waals surface area contributed by atoms with Crippen molar-refractivity contribution in [1.82, 2.24) is 9.80 Å². The fourth-order valence-electron chi connectivity index (χ4n) is 3.02. The Morgan fingerprint density at radius 3 is 2.21 bits per heavy atom. The van der Waals surface area contributed by atoms with Crippen molar-refractivity contribution in [3.8, 4) is 0 Å². The molecular weight excluding hydrogens is 385 g/mol. The molecule has 1 aliphatic rings. The lowest BCUT2D eigenvalue weighted by molar-refractivity contribution is -0.0328. The summed E-state index contributed by atoms with van der Waals surface area (Å²) in [6, 6.07) is 15.7. The zero-order valence-corrected chi connectivity index (χ0v) is 16.0. The third kappa shape index (κ3) is 6.14. The number of alkyl halides is 3. The first-order valence-corrected chi connectivity index (χ1v) is 9.81. The Labute approximate surface area is 166 Å². The highest BCUT2D eigenvalue weighted by Crippen LogP contribution is 2.36. The van der Waals surface area contributed by atoms with Gasteiger partial charge in [0.2, 0.25) is 0 Å². The summed E-state index contributed by atoms with van der Waals surface area (Å²) in [6.45, 7) is 3.58. The Morgan fingerprint density at radius 2 is 1.61 bits per heavy atom. The van der Waals surface area contributed by atoms with Crippen LogP contribution >= 0.6 is 11.8 Å². The van der Waals surface area contributed by atoms with E-state index in [0.29, 0.717) is 18.7 Å². The number of nitrogens with zero attached hydrogens (tertiary/aromatic N) is 2. The molecule has 2 aromatic carbocycles. The summed E-state index contributed by atoms with van der Waals surface area (Å²) in [5.41, 5.74) is -2.75. The highest BCUT2D eigenvalue weighted by Gasteiger charge is 2.29. The van der Waals surface area contributed by atoms with E-state index in [4.69, 9.17) is 0 Å². The maximum absolute atomic E-state index is 12.6. The van der Waals surface area contributed by atoms with Crippen molar-refractivity contribution in [2.45, 2.75) is 10.4 Å². The van der Waals surface area contributed by atoms with Crippen LogP contribution in [0.3, 0.4) is 0 Å². The normalized spacial score (nSPS) is 15.9. The molecule has 0 aromatic heterocycles. The van der Waals surface area contributed by atoms with E-state index < -0.39 is 5.51 Å². The van der Waals surface area contributed by atoms with E-state index in [9.17, 15) is 18.0 Å². The number of carbonyl (C=O) groups is 1. The number of halogens is 3. The van der Waals surface area contributed by atoms with E-state index in [2.05, 4.69) is 17.1 Å². The zero-order valence-electron chi connectivity index (χ0n) is 15.2. The van der Waals surface area contributed by atoms with Gasteiger partial charge in [-0.3, -0.25) is 9.69 Å². The lowest BCUT2D eigenvalue weighted by Gasteiger charge is -2.34. The standard InChI is InChI=1S/C21H21F3N2OS/c22-21(23,24)28-19-10-8-18(9-11-19)20(27)26-15-13-25(14-16-26)12-4-7-17-5-2-1-3-6-17/h1-11H,12-16H2/b7-4+. The lowest BCUT2D eigenvalue weighted by Crippen LogP contribution is -2.48. The van der Waals surface area contributed by atoms with Crippen LogP contribution in [-0.4, -0.2) is 53.9 Å². The van der Waals surface area contributed by atoms with E-state index in [0.717, 1.165) is 25.2 Å². The first-order chi connectivity index (χ1) is 13.4. The van der Waals surface area contributed by atoms with E-state index in [1.165, 1.54) is 24.3 Å². The Kier molecular flexibility index (Phi) is 6.80. The van der Waals surface area contributed by atoms with Gasteiger partial charge in [-0.2, -0.15) is 13.2 Å². The summed E-state index contributed by atoms with van der Waals surface area (Å²) < 4.78 is 37.2. The van der Waals surface area contributed by atoms with Gasteiger partial charge >= 0.3 is 5.51 Å². The molecule has 148 valence electrons. The van der Waals surface area contributed by atoms with Crippen molar-refractivity contribution in [2.24, 2.45) is 0 Å². The van der Waals surface area contributed by atoms with Gasteiger partial charge in [0.25, 0.3) is 5.91 Å². The van der Waals surface area contributed by atoms with Gasteiger partial charge in [0.15, 0.2) is 0 Å². The van der Waals surface area contributed by atoms with E-state index >= 15 is 0 Å². The SMILES string of the molecule is O=C(c1ccc(SC(F)(F)F)cc1)N1CCN(C/C=C/c2ccccc2)CC1. The molecule has 28 heavy (non-hydrogen) atoms. The molecule has 0 unspecified atom stereocenters. The van der Waals surface area contributed by atoms with Crippen molar-refractivity contribution in [2.75, 3.05) is 32.7 Å². The largest absolute Gasteiger partial charge is 0.446 e. The van der Waals surface area contributed by atoms with E-state index in [1.54, 1.807) is 4.90 Å². The van der Waals surface area contributed by atoms with E-state index in [-0.39, 0.29) is 22.6 Å². The van der Waals surface area contributed by atoms with Crippen molar-refractivity contribution in [3.63, 3.8) is 0 Å². The summed E-state index contributed by atoms with van der Waals surface area (Å²) >= 11 is -0.175. The highest BCUT2D eigenvalue weighted by atomic mass is 32.2. The maximum Gasteiger partial charge on any atom is 0.446 e. The molecule has 3 nitrogen and oxygen atoms in total. The number of thioether (sulfide) groups is 1. The third-order valence-corrected chi connectivity index (χ3v) is 5.21.